The third kappa shape index (κ3) is 5.21. The molecule has 1 fully saturated rings. The monoisotopic (exact) mass is 429 g/mol. The van der Waals surface area contributed by atoms with Crippen LogP contribution in [0.15, 0.2) is 53.4 Å². The third-order valence-corrected chi connectivity index (χ3v) is 7.44. The van der Waals surface area contributed by atoms with E-state index in [1.165, 1.54) is 0 Å². The Hall–Kier alpha value is -2.38. The summed E-state index contributed by atoms with van der Waals surface area (Å²) >= 11 is 0. The highest BCUT2D eigenvalue weighted by Crippen LogP contribution is 2.21. The van der Waals surface area contributed by atoms with Gasteiger partial charge in [-0.1, -0.05) is 25.0 Å². The van der Waals surface area contributed by atoms with Crippen LogP contribution in [0.2, 0.25) is 0 Å². The highest BCUT2D eigenvalue weighted by Gasteiger charge is 2.25. The summed E-state index contributed by atoms with van der Waals surface area (Å²) < 4.78 is 27.4. The molecule has 0 aliphatic carbocycles. The Bertz CT molecular complexity index is 946. The topological polar surface area (TPSA) is 60.9 Å². The number of hydrogen-bond donors (Lipinski definition) is 0. The van der Waals surface area contributed by atoms with Crippen molar-refractivity contribution in [3.63, 3.8) is 0 Å². The molecule has 7 heteroatoms. The molecule has 2 aromatic carbocycles. The van der Waals surface area contributed by atoms with E-state index in [-0.39, 0.29) is 10.8 Å². The Balaban J connectivity index is 1.68. The zero-order valence-corrected chi connectivity index (χ0v) is 18.9. The fourth-order valence-corrected chi connectivity index (χ4v) is 5.18. The van der Waals surface area contributed by atoms with E-state index in [9.17, 15) is 13.2 Å². The molecule has 1 heterocycles. The van der Waals surface area contributed by atoms with E-state index in [2.05, 4.69) is 0 Å². The maximum Gasteiger partial charge on any atom is 0.253 e. The maximum absolute atomic E-state index is 12.9. The molecule has 0 bridgehead atoms. The van der Waals surface area contributed by atoms with E-state index in [0.717, 1.165) is 36.9 Å². The standard InChI is InChI=1S/C23H31N3O3S/c1-24(2)21-12-8-19(9-13-21)18-25(3)23(27)20-10-14-22(15-11-20)30(28,29)26-16-6-4-5-7-17-26/h8-15H,4-7,16-18H2,1-3H3. The number of hydrogen-bond acceptors (Lipinski definition) is 4. The first kappa shape index (κ1) is 22.3. The molecule has 3 rings (SSSR count). The van der Waals surface area contributed by atoms with E-state index in [1.807, 2.05) is 43.3 Å². The lowest BCUT2D eigenvalue weighted by Crippen LogP contribution is -2.32. The van der Waals surface area contributed by atoms with Gasteiger partial charge in [0.25, 0.3) is 5.91 Å². The smallest absolute Gasteiger partial charge is 0.253 e. The lowest BCUT2D eigenvalue weighted by atomic mass is 10.1. The van der Waals surface area contributed by atoms with Crippen LogP contribution < -0.4 is 4.90 Å². The second kappa shape index (κ2) is 9.62. The molecule has 1 amide bonds. The number of carbonyl (C=O) groups excluding carboxylic acids is 1. The van der Waals surface area contributed by atoms with E-state index < -0.39 is 10.0 Å². The molecule has 162 valence electrons. The van der Waals surface area contributed by atoms with Gasteiger partial charge in [-0.15, -0.1) is 0 Å². The molecule has 0 radical (unpaired) electrons. The van der Waals surface area contributed by atoms with Gasteiger partial charge in [-0.3, -0.25) is 4.79 Å². The van der Waals surface area contributed by atoms with Gasteiger partial charge in [-0.25, -0.2) is 8.42 Å². The zero-order valence-electron chi connectivity index (χ0n) is 18.0. The average molecular weight is 430 g/mol. The summed E-state index contributed by atoms with van der Waals surface area (Å²) in [5.74, 6) is -0.134. The zero-order chi connectivity index (χ0) is 21.7. The molecule has 0 unspecified atom stereocenters. The Morgan fingerprint density at radius 3 is 1.97 bits per heavy atom. The Morgan fingerprint density at radius 2 is 1.43 bits per heavy atom. The van der Waals surface area contributed by atoms with Crippen LogP contribution in [0.3, 0.4) is 0 Å². The van der Waals surface area contributed by atoms with E-state index in [1.54, 1.807) is 40.5 Å². The van der Waals surface area contributed by atoms with Crippen LogP contribution in [0.5, 0.6) is 0 Å². The quantitative estimate of drug-likeness (QED) is 0.704. The first-order valence-corrected chi connectivity index (χ1v) is 11.8. The second-order valence-electron chi connectivity index (χ2n) is 8.06. The first-order valence-electron chi connectivity index (χ1n) is 10.4. The summed E-state index contributed by atoms with van der Waals surface area (Å²) in [6.45, 7) is 1.62. The average Bonchev–Trinajstić information content (AvgIpc) is 3.04. The number of anilines is 1. The minimum atomic E-state index is -3.50. The second-order valence-corrected chi connectivity index (χ2v) is 10.0. The largest absolute Gasteiger partial charge is 0.378 e. The minimum Gasteiger partial charge on any atom is -0.378 e. The molecular formula is C23H31N3O3S. The van der Waals surface area contributed by atoms with Crippen LogP contribution in [0.25, 0.3) is 0 Å². The lowest BCUT2D eigenvalue weighted by molar-refractivity contribution is 0.0785. The molecule has 2 aromatic rings. The van der Waals surface area contributed by atoms with Crippen molar-refractivity contribution in [2.24, 2.45) is 0 Å². The van der Waals surface area contributed by atoms with Crippen molar-refractivity contribution in [1.82, 2.24) is 9.21 Å². The van der Waals surface area contributed by atoms with Crippen molar-refractivity contribution in [3.8, 4) is 0 Å². The van der Waals surface area contributed by atoms with Crippen LogP contribution in [0.4, 0.5) is 5.69 Å². The van der Waals surface area contributed by atoms with Gasteiger partial charge in [0.15, 0.2) is 0 Å². The van der Waals surface area contributed by atoms with Gasteiger partial charge < -0.3 is 9.80 Å². The van der Waals surface area contributed by atoms with Gasteiger partial charge in [0.05, 0.1) is 4.90 Å². The Morgan fingerprint density at radius 1 is 0.867 bits per heavy atom. The van der Waals surface area contributed by atoms with E-state index in [4.69, 9.17) is 0 Å². The minimum absolute atomic E-state index is 0.134. The summed E-state index contributed by atoms with van der Waals surface area (Å²) in [6, 6.07) is 14.4. The van der Waals surface area contributed by atoms with Crippen LogP contribution in [-0.2, 0) is 16.6 Å². The van der Waals surface area contributed by atoms with Crippen molar-refractivity contribution in [1.29, 1.82) is 0 Å². The molecule has 0 N–H and O–H groups in total. The Kier molecular flexibility index (Phi) is 7.15. The normalized spacial score (nSPS) is 15.4. The van der Waals surface area contributed by atoms with Gasteiger partial charge in [-0.05, 0) is 54.8 Å². The third-order valence-electron chi connectivity index (χ3n) is 5.52. The number of nitrogens with zero attached hydrogens (tertiary/aromatic N) is 3. The van der Waals surface area contributed by atoms with Crippen LogP contribution in [0.1, 0.15) is 41.6 Å². The highest BCUT2D eigenvalue weighted by atomic mass is 32.2. The molecule has 0 spiro atoms. The van der Waals surface area contributed by atoms with E-state index >= 15 is 0 Å². The molecule has 0 aromatic heterocycles. The van der Waals surface area contributed by atoms with Crippen LogP contribution in [0, 0.1) is 0 Å². The number of benzene rings is 2. The summed E-state index contributed by atoms with van der Waals surface area (Å²) in [7, 11) is 2.23. The molecular weight excluding hydrogens is 398 g/mol. The lowest BCUT2D eigenvalue weighted by Gasteiger charge is -2.21. The summed E-state index contributed by atoms with van der Waals surface area (Å²) in [6.07, 6.45) is 3.94. The number of sulfonamides is 1. The van der Waals surface area contributed by atoms with Gasteiger partial charge >= 0.3 is 0 Å². The van der Waals surface area contributed by atoms with E-state index in [0.29, 0.717) is 25.2 Å². The maximum atomic E-state index is 12.9. The predicted octanol–water partition coefficient (Wildman–Crippen LogP) is 3.59. The molecule has 1 aliphatic rings. The van der Waals surface area contributed by atoms with Crippen molar-refractivity contribution in [3.05, 3.63) is 59.7 Å². The molecule has 1 aliphatic heterocycles. The van der Waals surface area contributed by atoms with Gasteiger partial charge in [0.1, 0.15) is 0 Å². The number of amides is 1. The van der Waals surface area contributed by atoms with Crippen LogP contribution >= 0.6 is 0 Å². The first-order chi connectivity index (χ1) is 14.3. The van der Waals surface area contributed by atoms with Gasteiger partial charge in [-0.2, -0.15) is 4.31 Å². The van der Waals surface area contributed by atoms with Gasteiger partial charge in [0, 0.05) is 52.0 Å². The summed E-state index contributed by atoms with van der Waals surface area (Å²) in [5.41, 5.74) is 2.63. The van der Waals surface area contributed by atoms with Crippen LogP contribution in [-0.4, -0.2) is 57.8 Å². The van der Waals surface area contributed by atoms with Crippen molar-refractivity contribution < 1.29 is 13.2 Å². The SMILES string of the molecule is CN(Cc1ccc(N(C)C)cc1)C(=O)c1ccc(S(=O)(=O)N2CCCCCC2)cc1. The molecule has 6 nitrogen and oxygen atoms in total. The molecule has 0 atom stereocenters. The summed E-state index contributed by atoms with van der Waals surface area (Å²) in [5, 5.41) is 0. The molecule has 1 saturated heterocycles. The fraction of sp³-hybridized carbons (Fsp3) is 0.435. The fourth-order valence-electron chi connectivity index (χ4n) is 3.67. The predicted molar refractivity (Wildman–Crippen MR) is 120 cm³/mol. The van der Waals surface area contributed by atoms with Gasteiger partial charge in [0.2, 0.25) is 10.0 Å². The highest BCUT2D eigenvalue weighted by molar-refractivity contribution is 7.89. The Labute approximate surface area is 180 Å². The molecule has 0 saturated carbocycles. The van der Waals surface area contributed by atoms with Crippen molar-refractivity contribution in [2.75, 3.05) is 39.1 Å². The van der Waals surface area contributed by atoms with Crippen molar-refractivity contribution >= 4 is 21.6 Å². The number of rotatable bonds is 6. The van der Waals surface area contributed by atoms with Crippen molar-refractivity contribution in [2.45, 2.75) is 37.1 Å². The summed E-state index contributed by atoms with van der Waals surface area (Å²) in [4.78, 5) is 16.7. The number of carbonyl (C=O) groups is 1. The molecule has 30 heavy (non-hydrogen) atoms.